The Morgan fingerprint density at radius 1 is 1.39 bits per heavy atom. The predicted molar refractivity (Wildman–Crippen MR) is 77.1 cm³/mol. The number of hydrogen-bond donors (Lipinski definition) is 2. The molecule has 0 aliphatic rings. The molecule has 0 saturated heterocycles. The van der Waals surface area contributed by atoms with E-state index in [0.717, 1.165) is 12.3 Å². The van der Waals surface area contributed by atoms with Crippen LogP contribution in [0.25, 0.3) is 0 Å². The number of amides is 1. The minimum Gasteiger partial charge on any atom is -0.475 e. The Morgan fingerprint density at radius 3 is 2.48 bits per heavy atom. The third kappa shape index (κ3) is 5.69. The second kappa shape index (κ2) is 6.81. The maximum absolute atomic E-state index is 11.6. The Labute approximate surface area is 130 Å². The highest BCUT2D eigenvalue weighted by Crippen LogP contribution is 2.21. The summed E-state index contributed by atoms with van der Waals surface area (Å²) in [5.74, 6) is -3.03. The number of carboxylic acids is 1. The molecule has 2 N–H and O–H groups in total. The largest absolute Gasteiger partial charge is 0.475 e. The molecule has 0 unspecified atom stereocenters. The fraction of sp³-hybridized carbons (Fsp3) is 0.385. The highest BCUT2D eigenvalue weighted by molar-refractivity contribution is 6.33. The van der Waals surface area contributed by atoms with Crippen molar-refractivity contribution in [2.24, 2.45) is 0 Å². The van der Waals surface area contributed by atoms with Gasteiger partial charge in [-0.25, -0.2) is 14.6 Å². The number of carbonyl (C=O) groups excluding carboxylic acids is 2. The quantitative estimate of drug-likeness (QED) is 0.470. The first-order chi connectivity index (χ1) is 10.5. The topological polar surface area (TPSA) is 149 Å². The van der Waals surface area contributed by atoms with Gasteiger partial charge in [-0.2, -0.15) is 0 Å². The molecule has 0 radical (unpaired) electrons. The van der Waals surface area contributed by atoms with Crippen LogP contribution < -0.4 is 5.32 Å². The van der Waals surface area contributed by atoms with Crippen molar-refractivity contribution in [2.75, 3.05) is 5.32 Å². The molecule has 0 fully saturated rings. The van der Waals surface area contributed by atoms with Crippen LogP contribution in [0.15, 0.2) is 12.3 Å². The van der Waals surface area contributed by atoms with Crippen LogP contribution in [0.1, 0.15) is 26.3 Å². The van der Waals surface area contributed by atoms with Gasteiger partial charge in [0.25, 0.3) is 5.69 Å². The molecule has 1 rings (SSSR count). The van der Waals surface area contributed by atoms with Crippen LogP contribution in [-0.2, 0) is 20.7 Å². The maximum Gasteiger partial charge on any atom is 0.413 e. The number of carboxylic acid groups (broad SMARTS) is 1. The highest BCUT2D eigenvalue weighted by Gasteiger charge is 2.23. The lowest BCUT2D eigenvalue weighted by molar-refractivity contribution is -0.385. The summed E-state index contributed by atoms with van der Waals surface area (Å²) in [5.41, 5.74) is -1.45. The van der Waals surface area contributed by atoms with Crippen LogP contribution in [0, 0.1) is 10.1 Å². The summed E-state index contributed by atoms with van der Waals surface area (Å²) in [4.78, 5) is 47.2. The summed E-state index contributed by atoms with van der Waals surface area (Å²) in [6, 6.07) is 1.06. The van der Waals surface area contributed by atoms with E-state index in [2.05, 4.69) is 10.3 Å². The molecule has 0 atom stereocenters. The molecular weight excluding hydrogens is 310 g/mol. The van der Waals surface area contributed by atoms with Crippen molar-refractivity contribution in [1.82, 2.24) is 4.98 Å². The van der Waals surface area contributed by atoms with Gasteiger partial charge in [0.2, 0.25) is 5.78 Å². The van der Waals surface area contributed by atoms with E-state index in [1.165, 1.54) is 0 Å². The van der Waals surface area contributed by atoms with Crippen LogP contribution >= 0.6 is 0 Å². The van der Waals surface area contributed by atoms with Crippen LogP contribution in [-0.4, -0.2) is 38.5 Å². The lowest BCUT2D eigenvalue weighted by Gasteiger charge is -2.19. The van der Waals surface area contributed by atoms with E-state index in [-0.39, 0.29) is 11.4 Å². The van der Waals surface area contributed by atoms with Gasteiger partial charge in [-0.05, 0) is 26.8 Å². The summed E-state index contributed by atoms with van der Waals surface area (Å²) in [6.07, 6.45) is -0.705. The standard InChI is InChI=1S/C13H15N3O7/c1-13(2,3)23-12(20)15-10-5-7(4-9(17)11(18)19)8(6-14-10)16(21)22/h5-6H,4H2,1-3H3,(H,18,19)(H,14,15,20). The molecule has 0 aromatic carbocycles. The van der Waals surface area contributed by atoms with Crippen molar-refractivity contribution in [1.29, 1.82) is 0 Å². The van der Waals surface area contributed by atoms with Gasteiger partial charge < -0.3 is 9.84 Å². The third-order valence-electron chi connectivity index (χ3n) is 2.38. The number of ether oxygens (including phenoxy) is 1. The highest BCUT2D eigenvalue weighted by atomic mass is 16.6. The van der Waals surface area contributed by atoms with Gasteiger partial charge in [0.05, 0.1) is 4.92 Å². The third-order valence-corrected chi connectivity index (χ3v) is 2.38. The van der Waals surface area contributed by atoms with Gasteiger partial charge in [-0.15, -0.1) is 0 Å². The Balaban J connectivity index is 3.04. The number of pyridine rings is 1. The monoisotopic (exact) mass is 325 g/mol. The van der Waals surface area contributed by atoms with E-state index >= 15 is 0 Å². The van der Waals surface area contributed by atoms with Crippen molar-refractivity contribution in [3.63, 3.8) is 0 Å². The molecule has 10 nitrogen and oxygen atoms in total. The number of rotatable bonds is 5. The maximum atomic E-state index is 11.6. The van der Waals surface area contributed by atoms with Gasteiger partial charge >= 0.3 is 12.1 Å². The van der Waals surface area contributed by atoms with E-state index in [9.17, 15) is 24.5 Å². The van der Waals surface area contributed by atoms with Gasteiger partial charge in [0, 0.05) is 12.0 Å². The molecule has 0 aliphatic carbocycles. The smallest absolute Gasteiger partial charge is 0.413 e. The molecule has 10 heteroatoms. The van der Waals surface area contributed by atoms with Crippen LogP contribution in [0.5, 0.6) is 0 Å². The first-order valence-corrected chi connectivity index (χ1v) is 6.39. The van der Waals surface area contributed by atoms with Gasteiger partial charge in [0.1, 0.15) is 17.6 Å². The zero-order valence-electron chi connectivity index (χ0n) is 12.7. The zero-order valence-corrected chi connectivity index (χ0v) is 12.7. The number of aliphatic carboxylic acids is 1. The number of nitro groups is 1. The Kier molecular flexibility index (Phi) is 5.34. The molecule has 124 valence electrons. The molecule has 1 aromatic rings. The van der Waals surface area contributed by atoms with Crippen molar-refractivity contribution < 1.29 is 29.2 Å². The Hall–Kier alpha value is -3.04. The average Bonchev–Trinajstić information content (AvgIpc) is 2.35. The van der Waals surface area contributed by atoms with Crippen molar-refractivity contribution >= 4 is 29.4 Å². The molecule has 1 amide bonds. The Morgan fingerprint density at radius 2 is 2.00 bits per heavy atom. The Bertz CT molecular complexity index is 664. The molecule has 1 aromatic heterocycles. The van der Waals surface area contributed by atoms with E-state index in [1.807, 2.05) is 0 Å². The van der Waals surface area contributed by atoms with Gasteiger partial charge in [0.15, 0.2) is 0 Å². The number of nitrogens with one attached hydrogen (secondary N) is 1. The van der Waals surface area contributed by atoms with Crippen molar-refractivity contribution in [3.8, 4) is 0 Å². The van der Waals surface area contributed by atoms with Crippen LogP contribution in [0.4, 0.5) is 16.3 Å². The van der Waals surface area contributed by atoms with Gasteiger partial charge in [-0.3, -0.25) is 20.2 Å². The number of ketones is 1. The predicted octanol–water partition coefficient (Wildman–Crippen LogP) is 1.53. The number of nitrogens with zero attached hydrogens (tertiary/aromatic N) is 2. The lowest BCUT2D eigenvalue weighted by atomic mass is 10.1. The molecular formula is C13H15N3O7. The molecule has 0 spiro atoms. The molecule has 1 heterocycles. The summed E-state index contributed by atoms with van der Waals surface area (Å²) < 4.78 is 4.99. The fourth-order valence-electron chi connectivity index (χ4n) is 1.52. The second-order valence-corrected chi connectivity index (χ2v) is 5.49. The first-order valence-electron chi connectivity index (χ1n) is 6.39. The molecule has 0 bridgehead atoms. The van der Waals surface area contributed by atoms with Crippen molar-refractivity contribution in [2.45, 2.75) is 32.8 Å². The van der Waals surface area contributed by atoms with E-state index < -0.39 is 40.5 Å². The number of Topliss-reactive ketones (excluding diaryl/α,β-unsaturated/α-hetero) is 1. The zero-order chi connectivity index (χ0) is 17.8. The van der Waals surface area contributed by atoms with Crippen LogP contribution in [0.3, 0.4) is 0 Å². The van der Waals surface area contributed by atoms with E-state index in [1.54, 1.807) is 20.8 Å². The van der Waals surface area contributed by atoms with E-state index in [0.29, 0.717) is 0 Å². The van der Waals surface area contributed by atoms with Crippen LogP contribution in [0.2, 0.25) is 0 Å². The molecule has 23 heavy (non-hydrogen) atoms. The molecule has 0 aliphatic heterocycles. The number of hydrogen-bond acceptors (Lipinski definition) is 7. The summed E-state index contributed by atoms with van der Waals surface area (Å²) in [7, 11) is 0. The summed E-state index contributed by atoms with van der Waals surface area (Å²) >= 11 is 0. The number of aromatic nitrogens is 1. The first kappa shape index (κ1) is 18.0. The van der Waals surface area contributed by atoms with Gasteiger partial charge in [-0.1, -0.05) is 0 Å². The SMILES string of the molecule is CC(C)(C)OC(=O)Nc1cc(CC(=O)C(=O)O)c([N+](=O)[O-])cn1. The summed E-state index contributed by atoms with van der Waals surface area (Å²) in [6.45, 7) is 4.94. The van der Waals surface area contributed by atoms with Crippen molar-refractivity contribution in [3.05, 3.63) is 27.9 Å². The number of carbonyl (C=O) groups is 3. The summed E-state index contributed by atoms with van der Waals surface area (Å²) in [5, 5.41) is 21.7. The second-order valence-electron chi connectivity index (χ2n) is 5.49. The van der Waals surface area contributed by atoms with E-state index in [4.69, 9.17) is 9.84 Å². The fourth-order valence-corrected chi connectivity index (χ4v) is 1.52. The number of anilines is 1. The minimum absolute atomic E-state index is 0.0990. The normalized spacial score (nSPS) is 10.7. The average molecular weight is 325 g/mol. The minimum atomic E-state index is -1.71. The molecule has 0 saturated carbocycles. The lowest BCUT2D eigenvalue weighted by Crippen LogP contribution is -2.27.